The van der Waals surface area contributed by atoms with Crippen LogP contribution in [0.25, 0.3) is 11.1 Å². The Morgan fingerprint density at radius 3 is 1.23 bits per heavy atom. The first-order valence-corrected chi connectivity index (χ1v) is 19.5. The van der Waals surface area contributed by atoms with E-state index < -0.39 is 0 Å². The molecule has 0 heterocycles. The van der Waals surface area contributed by atoms with Crippen LogP contribution in [0.4, 0.5) is 0 Å². The highest BCUT2D eigenvalue weighted by atomic mass is 14.4. The Hall–Kier alpha value is -1.56. The van der Waals surface area contributed by atoms with Crippen molar-refractivity contribution in [2.24, 2.45) is 0 Å². The topological polar surface area (TPSA) is 0 Å². The SMILES string of the molecule is CCCCCCCCCCCCCCC1(CCCCCCCCCCCCCC)c2ccccc2-c2cc(CC)ccc21. The first kappa shape index (κ1) is 35.9. The molecule has 0 bridgehead atoms. The van der Waals surface area contributed by atoms with Crippen molar-refractivity contribution in [2.75, 3.05) is 0 Å². The molecule has 2 aromatic rings. The van der Waals surface area contributed by atoms with Crippen molar-refractivity contribution in [3.05, 3.63) is 59.2 Å². The molecule has 0 N–H and O–H groups in total. The van der Waals surface area contributed by atoms with Gasteiger partial charge < -0.3 is 0 Å². The molecule has 0 unspecified atom stereocenters. The highest BCUT2D eigenvalue weighted by molar-refractivity contribution is 5.81. The van der Waals surface area contributed by atoms with Gasteiger partial charge in [-0.25, -0.2) is 0 Å². The molecule has 0 spiro atoms. The van der Waals surface area contributed by atoms with Crippen molar-refractivity contribution in [1.29, 1.82) is 0 Å². The van der Waals surface area contributed by atoms with Gasteiger partial charge in [-0.05, 0) is 47.1 Å². The number of rotatable bonds is 27. The fourth-order valence-electron chi connectivity index (χ4n) is 7.93. The summed E-state index contributed by atoms with van der Waals surface area (Å²) < 4.78 is 0. The third-order valence-electron chi connectivity index (χ3n) is 10.7. The normalized spacial score (nSPS) is 13.4. The Labute approximate surface area is 269 Å². The summed E-state index contributed by atoms with van der Waals surface area (Å²) in [5, 5.41) is 0. The van der Waals surface area contributed by atoms with Crippen LogP contribution in [0.5, 0.6) is 0 Å². The lowest BCUT2D eigenvalue weighted by Gasteiger charge is -2.33. The summed E-state index contributed by atoms with van der Waals surface area (Å²) in [6, 6.07) is 17.0. The maximum absolute atomic E-state index is 2.54. The van der Waals surface area contributed by atoms with E-state index >= 15 is 0 Å². The lowest BCUT2D eigenvalue weighted by molar-refractivity contribution is 0.396. The summed E-state index contributed by atoms with van der Waals surface area (Å²) >= 11 is 0. The van der Waals surface area contributed by atoms with Gasteiger partial charge in [0.1, 0.15) is 0 Å². The van der Waals surface area contributed by atoms with E-state index in [1.54, 1.807) is 16.7 Å². The number of aryl methyl sites for hydroxylation is 1. The van der Waals surface area contributed by atoms with Gasteiger partial charge >= 0.3 is 0 Å². The molecule has 0 atom stereocenters. The number of hydrogen-bond donors (Lipinski definition) is 0. The highest BCUT2D eigenvalue weighted by Gasteiger charge is 2.41. The Morgan fingerprint density at radius 2 is 0.791 bits per heavy atom. The van der Waals surface area contributed by atoms with E-state index in [1.807, 2.05) is 0 Å². The van der Waals surface area contributed by atoms with Crippen LogP contribution in [0.3, 0.4) is 0 Å². The van der Waals surface area contributed by atoms with Gasteiger partial charge in [0.25, 0.3) is 0 Å². The van der Waals surface area contributed by atoms with E-state index in [4.69, 9.17) is 0 Å². The zero-order valence-electron chi connectivity index (χ0n) is 29.1. The van der Waals surface area contributed by atoms with Crippen molar-refractivity contribution in [3.63, 3.8) is 0 Å². The van der Waals surface area contributed by atoms with Crippen molar-refractivity contribution in [2.45, 2.75) is 200 Å². The van der Waals surface area contributed by atoms with Crippen LogP contribution in [0, 0.1) is 0 Å². The molecule has 242 valence electrons. The first-order valence-electron chi connectivity index (χ1n) is 19.5. The molecule has 0 saturated heterocycles. The van der Waals surface area contributed by atoms with Gasteiger partial charge in [-0.15, -0.1) is 0 Å². The zero-order valence-corrected chi connectivity index (χ0v) is 29.1. The van der Waals surface area contributed by atoms with Gasteiger partial charge in [0.05, 0.1) is 0 Å². The summed E-state index contributed by atoms with van der Waals surface area (Å²) in [6.45, 7) is 6.93. The van der Waals surface area contributed by atoms with Crippen LogP contribution in [0.1, 0.15) is 204 Å². The summed E-state index contributed by atoms with van der Waals surface area (Å²) in [5.74, 6) is 0. The number of unbranched alkanes of at least 4 members (excludes halogenated alkanes) is 22. The fourth-order valence-corrected chi connectivity index (χ4v) is 7.93. The van der Waals surface area contributed by atoms with E-state index in [0.717, 1.165) is 6.42 Å². The molecule has 1 aliphatic carbocycles. The molecule has 0 aliphatic heterocycles. The molecule has 1 aliphatic rings. The Kier molecular flexibility index (Phi) is 18.4. The van der Waals surface area contributed by atoms with Gasteiger partial charge in [0, 0.05) is 5.41 Å². The minimum atomic E-state index is 0.231. The van der Waals surface area contributed by atoms with Crippen LogP contribution >= 0.6 is 0 Å². The van der Waals surface area contributed by atoms with Crippen LogP contribution in [0.15, 0.2) is 42.5 Å². The van der Waals surface area contributed by atoms with E-state index in [-0.39, 0.29) is 5.41 Å². The van der Waals surface area contributed by atoms with Crippen LogP contribution in [-0.4, -0.2) is 0 Å². The lowest BCUT2D eigenvalue weighted by Crippen LogP contribution is -2.25. The maximum atomic E-state index is 2.54. The maximum Gasteiger partial charge on any atom is 0.0215 e. The quantitative estimate of drug-likeness (QED) is 0.0913. The van der Waals surface area contributed by atoms with Gasteiger partial charge in [-0.2, -0.15) is 0 Å². The van der Waals surface area contributed by atoms with E-state index in [1.165, 1.54) is 178 Å². The predicted molar refractivity (Wildman–Crippen MR) is 193 cm³/mol. The van der Waals surface area contributed by atoms with Gasteiger partial charge in [-0.1, -0.05) is 217 Å². The van der Waals surface area contributed by atoms with Gasteiger partial charge in [-0.3, -0.25) is 0 Å². The average molecular weight is 587 g/mol. The predicted octanol–water partition coefficient (Wildman–Crippen LogP) is 14.7. The molecule has 0 nitrogen and oxygen atoms in total. The smallest absolute Gasteiger partial charge is 0.0215 e. The largest absolute Gasteiger partial charge is 0.0654 e. The molecular weight excluding hydrogens is 516 g/mol. The molecule has 0 saturated carbocycles. The van der Waals surface area contributed by atoms with Gasteiger partial charge in [0.15, 0.2) is 0 Å². The van der Waals surface area contributed by atoms with Gasteiger partial charge in [0.2, 0.25) is 0 Å². The van der Waals surface area contributed by atoms with Crippen LogP contribution < -0.4 is 0 Å². The summed E-state index contributed by atoms with van der Waals surface area (Å²) in [4.78, 5) is 0. The molecule has 0 amide bonds. The average Bonchev–Trinajstić information content (AvgIpc) is 3.31. The van der Waals surface area contributed by atoms with E-state index in [9.17, 15) is 0 Å². The summed E-state index contributed by atoms with van der Waals surface area (Å²) in [7, 11) is 0. The van der Waals surface area contributed by atoms with E-state index in [2.05, 4.69) is 63.2 Å². The monoisotopic (exact) mass is 587 g/mol. The molecule has 0 fully saturated rings. The standard InChI is InChI=1S/C43H70/c1-4-7-9-11-13-15-17-19-21-23-25-29-35-43(36-30-26-24-22-20-18-16-14-12-10-8-5-2)41-32-28-27-31-39(41)40-37-38(6-3)33-34-42(40)43/h27-28,31-34,37H,4-26,29-30,35-36H2,1-3H3. The fraction of sp³-hybridized carbons (Fsp3) is 0.721. The first-order chi connectivity index (χ1) is 21.3. The Balaban J connectivity index is 1.48. The Bertz CT molecular complexity index is 940. The number of fused-ring (bicyclic) bond motifs is 3. The lowest BCUT2D eigenvalue weighted by atomic mass is 9.70. The van der Waals surface area contributed by atoms with E-state index in [0.29, 0.717) is 0 Å². The van der Waals surface area contributed by atoms with Crippen LogP contribution in [0.2, 0.25) is 0 Å². The molecule has 3 rings (SSSR count). The summed E-state index contributed by atoms with van der Waals surface area (Å²) in [6.07, 6.45) is 38.1. The highest BCUT2D eigenvalue weighted by Crippen LogP contribution is 2.54. The Morgan fingerprint density at radius 1 is 0.395 bits per heavy atom. The molecule has 2 aromatic carbocycles. The second kappa shape index (κ2) is 22.0. The molecule has 43 heavy (non-hydrogen) atoms. The second-order valence-electron chi connectivity index (χ2n) is 14.1. The third kappa shape index (κ3) is 12.0. The minimum Gasteiger partial charge on any atom is -0.0654 e. The zero-order chi connectivity index (χ0) is 30.4. The minimum absolute atomic E-state index is 0.231. The third-order valence-corrected chi connectivity index (χ3v) is 10.7. The molecular formula is C43H70. The van der Waals surface area contributed by atoms with Crippen molar-refractivity contribution >= 4 is 0 Å². The summed E-state index contributed by atoms with van der Waals surface area (Å²) in [5.41, 5.74) is 8.09. The molecule has 0 heteroatoms. The van der Waals surface area contributed by atoms with Crippen LogP contribution in [-0.2, 0) is 11.8 Å². The number of hydrogen-bond acceptors (Lipinski definition) is 0. The number of benzene rings is 2. The molecule has 0 aromatic heterocycles. The van der Waals surface area contributed by atoms with Crippen molar-refractivity contribution < 1.29 is 0 Å². The second-order valence-corrected chi connectivity index (χ2v) is 14.1. The molecule has 0 radical (unpaired) electrons. The van der Waals surface area contributed by atoms with Crippen molar-refractivity contribution in [3.8, 4) is 11.1 Å². The van der Waals surface area contributed by atoms with Crippen molar-refractivity contribution in [1.82, 2.24) is 0 Å².